The summed E-state index contributed by atoms with van der Waals surface area (Å²) in [4.78, 5) is 0. The third kappa shape index (κ3) is 12.5. The lowest BCUT2D eigenvalue weighted by molar-refractivity contribution is 0.158. The van der Waals surface area contributed by atoms with Gasteiger partial charge in [0.15, 0.2) is 0 Å². The second-order valence-electron chi connectivity index (χ2n) is 17.6. The molecule has 0 heterocycles. The molecule has 52 heavy (non-hydrogen) atoms. The van der Waals surface area contributed by atoms with Crippen LogP contribution in [0.25, 0.3) is 0 Å². The molecule has 4 atom stereocenters. The number of hydrogen-bond acceptors (Lipinski definition) is 0. The van der Waals surface area contributed by atoms with E-state index in [1.54, 1.807) is 44.5 Å². The topological polar surface area (TPSA) is 0 Å². The summed E-state index contributed by atoms with van der Waals surface area (Å²) in [5.74, 6) is 2.87. The lowest BCUT2D eigenvalue weighted by Gasteiger charge is -2.36. The predicted molar refractivity (Wildman–Crippen MR) is 238 cm³/mol. The van der Waals surface area contributed by atoms with Gasteiger partial charge in [-0.1, -0.05) is 181 Å². The van der Waals surface area contributed by atoms with Crippen LogP contribution in [0.15, 0.2) is 58.7 Å². The van der Waals surface area contributed by atoms with Crippen molar-refractivity contribution < 1.29 is 0 Å². The van der Waals surface area contributed by atoms with Crippen LogP contribution in [0.1, 0.15) is 221 Å². The summed E-state index contributed by atoms with van der Waals surface area (Å²) < 4.78 is 0. The number of fused-ring (bicyclic) bond motifs is 2. The Morgan fingerprint density at radius 3 is 1.46 bits per heavy atom. The minimum absolute atomic E-state index is 0.390. The fraction of sp³-hybridized carbons (Fsp3) is 0.692. The summed E-state index contributed by atoms with van der Waals surface area (Å²) >= 11 is 0. The number of rotatable bonds is 6. The van der Waals surface area contributed by atoms with Gasteiger partial charge in [-0.3, -0.25) is 0 Å². The highest BCUT2D eigenvalue weighted by molar-refractivity contribution is 5.46. The van der Waals surface area contributed by atoms with Crippen LogP contribution in [0.5, 0.6) is 0 Å². The molecule has 3 aliphatic rings. The Hall–Kier alpha value is -2.08. The summed E-state index contributed by atoms with van der Waals surface area (Å²) in [6.07, 6.45) is 14.9. The van der Waals surface area contributed by atoms with Crippen molar-refractivity contribution in [3.8, 4) is 0 Å². The quantitative estimate of drug-likeness (QED) is 0.262. The van der Waals surface area contributed by atoms with E-state index in [-0.39, 0.29) is 0 Å². The fourth-order valence-corrected chi connectivity index (χ4v) is 8.71. The average molecular weight is 713 g/mol. The molecule has 2 aromatic carbocycles. The molecule has 0 spiro atoms. The molecule has 2 saturated carbocycles. The largest absolute Gasteiger partial charge is 0.0769 e. The van der Waals surface area contributed by atoms with E-state index in [0.717, 1.165) is 11.8 Å². The zero-order chi connectivity index (χ0) is 39.8. The first-order chi connectivity index (χ1) is 24.7. The van der Waals surface area contributed by atoms with Crippen molar-refractivity contribution in [3.63, 3.8) is 0 Å². The molecule has 5 rings (SSSR count). The summed E-state index contributed by atoms with van der Waals surface area (Å²) in [5, 5.41) is 0. The molecule has 3 aliphatic carbocycles. The Kier molecular flexibility index (Phi) is 21.2. The Morgan fingerprint density at radius 2 is 1.02 bits per heavy atom. The molecule has 0 amide bonds. The van der Waals surface area contributed by atoms with E-state index in [9.17, 15) is 0 Å². The third-order valence-corrected chi connectivity index (χ3v) is 12.7. The molecule has 0 nitrogen and oxygen atoms in total. The lowest BCUT2D eigenvalue weighted by atomic mass is 9.69. The zero-order valence-electron chi connectivity index (χ0n) is 38.3. The van der Waals surface area contributed by atoms with Crippen LogP contribution in [-0.2, 0) is 25.7 Å². The Labute approximate surface area is 327 Å². The van der Waals surface area contributed by atoms with E-state index in [2.05, 4.69) is 133 Å². The van der Waals surface area contributed by atoms with Crippen molar-refractivity contribution in [3.05, 3.63) is 92.1 Å². The van der Waals surface area contributed by atoms with E-state index in [0.29, 0.717) is 22.7 Å². The summed E-state index contributed by atoms with van der Waals surface area (Å²) in [7, 11) is 0. The molecule has 0 saturated heterocycles. The molecule has 0 radical (unpaired) electrons. The van der Waals surface area contributed by atoms with Crippen molar-refractivity contribution in [2.75, 3.05) is 0 Å². The average Bonchev–Trinajstić information content (AvgIpc) is 3.79. The van der Waals surface area contributed by atoms with Gasteiger partial charge in [0, 0.05) is 5.92 Å². The maximum Gasteiger partial charge on any atom is 0.00913 e. The summed E-state index contributed by atoms with van der Waals surface area (Å²) in [5.41, 5.74) is 16.8. The van der Waals surface area contributed by atoms with Crippen molar-refractivity contribution in [1.82, 2.24) is 0 Å². The molecule has 296 valence electrons. The minimum atomic E-state index is 0.390. The second-order valence-corrected chi connectivity index (χ2v) is 17.6. The predicted octanol–water partition coefficient (Wildman–Crippen LogP) is 17.0. The van der Waals surface area contributed by atoms with Crippen LogP contribution >= 0.6 is 0 Å². The third-order valence-electron chi connectivity index (χ3n) is 12.7. The minimum Gasteiger partial charge on any atom is -0.0769 e. The monoisotopic (exact) mass is 713 g/mol. The molecule has 0 aromatic heterocycles. The maximum atomic E-state index is 2.67. The maximum absolute atomic E-state index is 2.67. The lowest BCUT2D eigenvalue weighted by Crippen LogP contribution is -2.26. The SMILES string of the molecule is CC.CC.CCC.CCC.CCC(C)(C)C1CC(c2ccc3c(c2)CCc2ccc(C4CC(=C(C)C)CC4=C(C)C)cc2CC3)C(C(C)(C)CC)C1. The van der Waals surface area contributed by atoms with Crippen LogP contribution in [0, 0.1) is 22.7 Å². The first-order valence-electron chi connectivity index (χ1n) is 22.2. The van der Waals surface area contributed by atoms with E-state index in [1.807, 2.05) is 27.7 Å². The van der Waals surface area contributed by atoms with Crippen molar-refractivity contribution in [2.45, 2.75) is 214 Å². The highest BCUT2D eigenvalue weighted by Gasteiger charge is 2.46. The molecule has 0 N–H and O–H groups in total. The van der Waals surface area contributed by atoms with Gasteiger partial charge in [0.2, 0.25) is 0 Å². The van der Waals surface area contributed by atoms with Crippen molar-refractivity contribution in [2.24, 2.45) is 22.7 Å². The van der Waals surface area contributed by atoms with Gasteiger partial charge in [0.1, 0.15) is 0 Å². The van der Waals surface area contributed by atoms with Gasteiger partial charge < -0.3 is 0 Å². The first-order valence-corrected chi connectivity index (χ1v) is 22.2. The first kappa shape index (κ1) is 47.9. The van der Waals surface area contributed by atoms with Gasteiger partial charge in [-0.25, -0.2) is 0 Å². The smallest absolute Gasteiger partial charge is 0.00913 e. The van der Waals surface area contributed by atoms with Crippen LogP contribution in [-0.4, -0.2) is 0 Å². The number of aryl methyl sites for hydroxylation is 4. The highest BCUT2D eigenvalue weighted by atomic mass is 14.5. The van der Waals surface area contributed by atoms with Gasteiger partial charge in [-0.05, 0) is 141 Å². The number of allylic oxidation sites excluding steroid dienone is 4. The fourth-order valence-electron chi connectivity index (χ4n) is 8.71. The molecule has 0 bridgehead atoms. The van der Waals surface area contributed by atoms with Gasteiger partial charge in [-0.2, -0.15) is 0 Å². The highest BCUT2D eigenvalue weighted by Crippen LogP contribution is 2.57. The number of hydrogen-bond donors (Lipinski definition) is 0. The van der Waals surface area contributed by atoms with Gasteiger partial charge >= 0.3 is 0 Å². The van der Waals surface area contributed by atoms with E-state index in [1.165, 1.54) is 88.2 Å². The molecule has 0 heteroatoms. The molecular formula is C52H88. The Bertz CT molecular complexity index is 1380. The summed E-state index contributed by atoms with van der Waals surface area (Å²) in [6.45, 7) is 40.7. The summed E-state index contributed by atoms with van der Waals surface area (Å²) in [6, 6.07) is 15.3. The molecule has 4 unspecified atom stereocenters. The van der Waals surface area contributed by atoms with E-state index < -0.39 is 0 Å². The van der Waals surface area contributed by atoms with Gasteiger partial charge in [-0.15, -0.1) is 0 Å². The van der Waals surface area contributed by atoms with E-state index in [4.69, 9.17) is 0 Å². The standard InChI is InChI=1S/C42H60.2C3H8.2C2H6/c1-11-41(7,8)36-25-39(40(26-36)42(9,10)12-2)34-20-16-30-13-17-31-21-33(19-15-29(31)14-18-32(30)22-34)38-24-35(27(3)4)23-37(38)28(5)6;2*1-3-2;2*1-2/h15-16,19-22,36,38-40H,11-14,17-18,23-26H2,1-10H3;2*3H2,1-2H3;2*1-2H3. The van der Waals surface area contributed by atoms with Gasteiger partial charge in [0.05, 0.1) is 0 Å². The molecular weight excluding hydrogens is 625 g/mol. The van der Waals surface area contributed by atoms with Crippen molar-refractivity contribution >= 4 is 0 Å². The van der Waals surface area contributed by atoms with Crippen LogP contribution in [0.4, 0.5) is 0 Å². The molecule has 2 fully saturated rings. The molecule has 2 aromatic rings. The zero-order valence-corrected chi connectivity index (χ0v) is 38.3. The van der Waals surface area contributed by atoms with Crippen LogP contribution < -0.4 is 0 Å². The van der Waals surface area contributed by atoms with Crippen LogP contribution in [0.2, 0.25) is 0 Å². The molecule has 0 aliphatic heterocycles. The van der Waals surface area contributed by atoms with Crippen LogP contribution in [0.3, 0.4) is 0 Å². The van der Waals surface area contributed by atoms with Crippen molar-refractivity contribution in [1.29, 1.82) is 0 Å². The van der Waals surface area contributed by atoms with E-state index >= 15 is 0 Å². The normalized spacial score (nSPS) is 20.9. The Morgan fingerprint density at radius 1 is 0.577 bits per heavy atom. The Balaban J connectivity index is 0.00000123. The number of benzene rings is 2. The van der Waals surface area contributed by atoms with Gasteiger partial charge in [0.25, 0.3) is 0 Å². The second kappa shape index (κ2) is 23.0.